The first-order chi connectivity index (χ1) is 10.8. The summed E-state index contributed by atoms with van der Waals surface area (Å²) in [5.41, 5.74) is 2.17. The third-order valence-electron chi connectivity index (χ3n) is 2.98. The highest BCUT2D eigenvalue weighted by Gasteiger charge is 2.18. The van der Waals surface area contributed by atoms with Gasteiger partial charge in [-0.2, -0.15) is 0 Å². The van der Waals surface area contributed by atoms with Gasteiger partial charge in [-0.05, 0) is 32.4 Å². The standard InChI is InChI=1S/C16H21N3O2S2/c1-9(2)22-16-19-18-15(23-16)17-14(20)12(5)21-13-7-6-10(3)8-11(13)4/h6-9,12H,1-5H3,(H,17,18,20)/t12-/m1/s1. The minimum absolute atomic E-state index is 0.234. The number of carbonyl (C=O) groups excluding carboxylic acids is 1. The molecule has 1 heterocycles. The van der Waals surface area contributed by atoms with E-state index in [0.29, 0.717) is 16.1 Å². The first-order valence-corrected chi connectivity index (χ1v) is 9.09. The zero-order valence-electron chi connectivity index (χ0n) is 13.9. The summed E-state index contributed by atoms with van der Waals surface area (Å²) >= 11 is 2.99. The number of hydrogen-bond acceptors (Lipinski definition) is 6. The quantitative estimate of drug-likeness (QED) is 0.628. The summed E-state index contributed by atoms with van der Waals surface area (Å²) in [6.07, 6.45) is -0.610. The van der Waals surface area contributed by atoms with Crippen LogP contribution in [0.4, 0.5) is 5.13 Å². The molecule has 0 aliphatic heterocycles. The number of hydrogen-bond donors (Lipinski definition) is 1. The van der Waals surface area contributed by atoms with Crippen LogP contribution < -0.4 is 10.1 Å². The lowest BCUT2D eigenvalue weighted by Gasteiger charge is -2.15. The molecule has 2 aromatic rings. The Morgan fingerprint density at radius 3 is 2.65 bits per heavy atom. The zero-order valence-corrected chi connectivity index (χ0v) is 15.5. The second kappa shape index (κ2) is 7.79. The Bertz CT molecular complexity index is 686. The Morgan fingerprint density at radius 1 is 1.26 bits per heavy atom. The predicted octanol–water partition coefficient (Wildman–Crippen LogP) is 4.06. The summed E-state index contributed by atoms with van der Waals surface area (Å²) in [7, 11) is 0. The number of nitrogens with one attached hydrogen (secondary N) is 1. The van der Waals surface area contributed by atoms with E-state index in [0.717, 1.165) is 15.5 Å². The van der Waals surface area contributed by atoms with E-state index in [1.807, 2.05) is 32.0 Å². The highest BCUT2D eigenvalue weighted by molar-refractivity contribution is 8.01. The van der Waals surface area contributed by atoms with Crippen LogP contribution in [0.5, 0.6) is 5.75 Å². The number of ether oxygens (including phenoxy) is 1. The minimum atomic E-state index is -0.610. The minimum Gasteiger partial charge on any atom is -0.481 e. The Kier molecular flexibility index (Phi) is 6.01. The van der Waals surface area contributed by atoms with Gasteiger partial charge in [0.25, 0.3) is 5.91 Å². The van der Waals surface area contributed by atoms with Crippen molar-refractivity contribution in [3.8, 4) is 5.75 Å². The van der Waals surface area contributed by atoms with Crippen LogP contribution >= 0.6 is 23.1 Å². The van der Waals surface area contributed by atoms with Crippen LogP contribution in [-0.2, 0) is 4.79 Å². The molecule has 0 saturated carbocycles. The van der Waals surface area contributed by atoms with Gasteiger partial charge in [-0.3, -0.25) is 10.1 Å². The maximum Gasteiger partial charge on any atom is 0.266 e. The molecule has 5 nitrogen and oxygen atoms in total. The molecule has 1 aromatic heterocycles. The lowest BCUT2D eigenvalue weighted by Crippen LogP contribution is -2.30. The van der Waals surface area contributed by atoms with E-state index in [9.17, 15) is 4.79 Å². The SMILES string of the molecule is Cc1ccc(O[C@H](C)C(=O)Nc2nnc(SC(C)C)s2)c(C)c1. The van der Waals surface area contributed by atoms with Crippen molar-refractivity contribution in [1.29, 1.82) is 0 Å². The van der Waals surface area contributed by atoms with Crippen molar-refractivity contribution in [1.82, 2.24) is 10.2 Å². The van der Waals surface area contributed by atoms with Gasteiger partial charge in [-0.1, -0.05) is 54.6 Å². The summed E-state index contributed by atoms with van der Waals surface area (Å²) in [5, 5.41) is 11.7. The van der Waals surface area contributed by atoms with Gasteiger partial charge in [0.05, 0.1) is 0 Å². The van der Waals surface area contributed by atoms with Crippen LogP contribution in [-0.4, -0.2) is 27.5 Å². The van der Waals surface area contributed by atoms with Gasteiger partial charge in [0, 0.05) is 5.25 Å². The second-order valence-corrected chi connectivity index (χ2v) is 8.36. The van der Waals surface area contributed by atoms with Gasteiger partial charge in [0.2, 0.25) is 5.13 Å². The predicted molar refractivity (Wildman–Crippen MR) is 95.5 cm³/mol. The number of aromatic nitrogens is 2. The normalized spacial score (nSPS) is 12.3. The summed E-state index contributed by atoms with van der Waals surface area (Å²) in [6.45, 7) is 9.88. The van der Waals surface area contributed by atoms with Gasteiger partial charge < -0.3 is 4.74 Å². The van der Waals surface area contributed by atoms with Crippen molar-refractivity contribution in [2.45, 2.75) is 50.3 Å². The summed E-state index contributed by atoms with van der Waals surface area (Å²) in [6, 6.07) is 5.88. The molecular weight excluding hydrogens is 330 g/mol. The molecule has 1 aromatic carbocycles. The van der Waals surface area contributed by atoms with Crippen molar-refractivity contribution >= 4 is 34.1 Å². The molecule has 0 bridgehead atoms. The van der Waals surface area contributed by atoms with Crippen molar-refractivity contribution in [2.75, 3.05) is 5.32 Å². The van der Waals surface area contributed by atoms with Gasteiger partial charge in [-0.25, -0.2) is 0 Å². The molecule has 0 unspecified atom stereocenters. The van der Waals surface area contributed by atoms with Crippen molar-refractivity contribution in [2.24, 2.45) is 0 Å². The molecule has 124 valence electrons. The average Bonchev–Trinajstić information content (AvgIpc) is 2.88. The molecule has 0 saturated heterocycles. The topological polar surface area (TPSA) is 64.1 Å². The monoisotopic (exact) mass is 351 g/mol. The van der Waals surface area contributed by atoms with E-state index in [4.69, 9.17) is 4.74 Å². The smallest absolute Gasteiger partial charge is 0.266 e. The Morgan fingerprint density at radius 2 is 2.00 bits per heavy atom. The molecule has 1 amide bonds. The number of amides is 1. The van der Waals surface area contributed by atoms with Crippen LogP contribution in [0.3, 0.4) is 0 Å². The zero-order chi connectivity index (χ0) is 17.0. The third kappa shape index (κ3) is 5.21. The van der Waals surface area contributed by atoms with E-state index in [1.165, 1.54) is 11.3 Å². The number of aryl methyl sites for hydroxylation is 2. The highest BCUT2D eigenvalue weighted by atomic mass is 32.2. The molecule has 0 aliphatic carbocycles. The average molecular weight is 351 g/mol. The third-order valence-corrected chi connectivity index (χ3v) is 4.90. The summed E-state index contributed by atoms with van der Waals surface area (Å²) in [4.78, 5) is 12.2. The molecule has 2 rings (SSSR count). The highest BCUT2D eigenvalue weighted by Crippen LogP contribution is 2.28. The molecular formula is C16H21N3O2S2. The molecule has 1 N–H and O–H groups in total. The van der Waals surface area contributed by atoms with E-state index >= 15 is 0 Å². The van der Waals surface area contributed by atoms with Gasteiger partial charge >= 0.3 is 0 Å². The molecule has 0 radical (unpaired) electrons. The van der Waals surface area contributed by atoms with Crippen molar-refractivity contribution in [3.05, 3.63) is 29.3 Å². The van der Waals surface area contributed by atoms with Gasteiger partial charge in [-0.15, -0.1) is 10.2 Å². The van der Waals surface area contributed by atoms with Crippen LogP contribution in [0.15, 0.2) is 22.5 Å². The molecule has 1 atom stereocenters. The van der Waals surface area contributed by atoms with Crippen LogP contribution in [0, 0.1) is 13.8 Å². The number of rotatable bonds is 6. The van der Waals surface area contributed by atoms with Gasteiger partial charge in [0.15, 0.2) is 10.4 Å². The van der Waals surface area contributed by atoms with E-state index < -0.39 is 6.10 Å². The number of anilines is 1. The molecule has 0 aliphatic rings. The lowest BCUT2D eigenvalue weighted by molar-refractivity contribution is -0.122. The maximum atomic E-state index is 12.2. The molecule has 0 fully saturated rings. The van der Waals surface area contributed by atoms with Crippen molar-refractivity contribution in [3.63, 3.8) is 0 Å². The largest absolute Gasteiger partial charge is 0.481 e. The van der Waals surface area contributed by atoms with E-state index in [1.54, 1.807) is 18.7 Å². The number of benzene rings is 1. The Hall–Kier alpha value is -1.60. The Balaban J connectivity index is 1.95. The van der Waals surface area contributed by atoms with Crippen molar-refractivity contribution < 1.29 is 9.53 Å². The lowest BCUT2D eigenvalue weighted by atomic mass is 10.1. The fourth-order valence-electron chi connectivity index (χ4n) is 1.89. The summed E-state index contributed by atoms with van der Waals surface area (Å²) < 4.78 is 6.59. The number of nitrogens with zero attached hydrogens (tertiary/aromatic N) is 2. The van der Waals surface area contributed by atoms with Crippen LogP contribution in [0.25, 0.3) is 0 Å². The number of carbonyl (C=O) groups is 1. The first-order valence-electron chi connectivity index (χ1n) is 7.40. The second-order valence-electron chi connectivity index (χ2n) is 5.56. The Labute approximate surface area is 144 Å². The van der Waals surface area contributed by atoms with E-state index in [-0.39, 0.29) is 5.91 Å². The van der Waals surface area contributed by atoms with Crippen LogP contribution in [0.2, 0.25) is 0 Å². The fourth-order valence-corrected chi connectivity index (χ4v) is 3.87. The molecule has 0 spiro atoms. The first kappa shape index (κ1) is 17.7. The fraction of sp³-hybridized carbons (Fsp3) is 0.438. The van der Waals surface area contributed by atoms with Gasteiger partial charge in [0.1, 0.15) is 5.75 Å². The molecule has 23 heavy (non-hydrogen) atoms. The van der Waals surface area contributed by atoms with E-state index in [2.05, 4.69) is 29.4 Å². The maximum absolute atomic E-state index is 12.2. The summed E-state index contributed by atoms with van der Waals surface area (Å²) in [5.74, 6) is 0.480. The molecule has 7 heteroatoms. The number of thioether (sulfide) groups is 1. The van der Waals surface area contributed by atoms with Crippen LogP contribution in [0.1, 0.15) is 31.9 Å².